The van der Waals surface area contributed by atoms with Gasteiger partial charge >= 0.3 is 0 Å². The van der Waals surface area contributed by atoms with E-state index in [-0.39, 0.29) is 5.95 Å². The van der Waals surface area contributed by atoms with E-state index in [2.05, 4.69) is 20.5 Å². The highest BCUT2D eigenvalue weighted by atomic mass is 16.5. The van der Waals surface area contributed by atoms with E-state index < -0.39 is 0 Å². The minimum absolute atomic E-state index is 0.0818. The van der Waals surface area contributed by atoms with Gasteiger partial charge in [-0.2, -0.15) is 15.1 Å². The highest BCUT2D eigenvalue weighted by molar-refractivity contribution is 5.42. The average Bonchev–Trinajstić information content (AvgIpc) is 2.76. The molecule has 0 aromatic carbocycles. The first-order valence-electron chi connectivity index (χ1n) is 5.02. The lowest BCUT2D eigenvalue weighted by molar-refractivity contribution is 0.462. The zero-order valence-corrected chi connectivity index (χ0v) is 9.29. The average molecular weight is 235 g/mol. The fourth-order valence-corrected chi connectivity index (χ4v) is 1.26. The van der Waals surface area contributed by atoms with Gasteiger partial charge in [-0.25, -0.2) is 5.84 Å². The topological polar surface area (TPSA) is 117 Å². The molecule has 8 heteroatoms. The maximum absolute atomic E-state index is 5.50. The third kappa shape index (κ3) is 2.61. The van der Waals surface area contributed by atoms with E-state index >= 15 is 0 Å². The smallest absolute Gasteiger partial charge is 0.226 e. The van der Waals surface area contributed by atoms with E-state index in [1.807, 2.05) is 6.92 Å². The molecule has 17 heavy (non-hydrogen) atoms. The first-order chi connectivity index (χ1) is 8.21. The Labute approximate surface area is 97.6 Å². The SMILES string of the molecule is CCn1cc(Oc2cc(NN)nc(N)n2)cn1. The Balaban J connectivity index is 2.20. The van der Waals surface area contributed by atoms with Crippen molar-refractivity contribution in [3.63, 3.8) is 0 Å². The van der Waals surface area contributed by atoms with Crippen LogP contribution in [0.15, 0.2) is 18.5 Å². The zero-order chi connectivity index (χ0) is 12.3. The standard InChI is InChI=1S/C9H13N7O/c1-2-16-5-6(4-12-16)17-8-3-7(15-11)13-9(10)14-8/h3-5H,2,11H2,1H3,(H3,10,13,14,15). The summed E-state index contributed by atoms with van der Waals surface area (Å²) in [6, 6.07) is 1.54. The summed E-state index contributed by atoms with van der Waals surface area (Å²) in [5.41, 5.74) is 7.88. The summed E-state index contributed by atoms with van der Waals surface area (Å²) in [4.78, 5) is 7.77. The van der Waals surface area contributed by atoms with Crippen LogP contribution < -0.4 is 21.7 Å². The first-order valence-corrected chi connectivity index (χ1v) is 5.02. The largest absolute Gasteiger partial charge is 0.435 e. The van der Waals surface area contributed by atoms with Crippen LogP contribution in [0.25, 0.3) is 0 Å². The molecule has 0 aliphatic carbocycles. The minimum Gasteiger partial charge on any atom is -0.435 e. The summed E-state index contributed by atoms with van der Waals surface area (Å²) in [6.07, 6.45) is 3.35. The number of nitrogens with zero attached hydrogens (tertiary/aromatic N) is 4. The molecule has 0 unspecified atom stereocenters. The molecular formula is C9H13N7O. The number of anilines is 2. The van der Waals surface area contributed by atoms with Crippen LogP contribution >= 0.6 is 0 Å². The lowest BCUT2D eigenvalue weighted by Gasteiger charge is -2.04. The molecule has 0 aliphatic heterocycles. The van der Waals surface area contributed by atoms with Gasteiger partial charge in [0.05, 0.1) is 12.4 Å². The van der Waals surface area contributed by atoms with Crippen molar-refractivity contribution in [3.05, 3.63) is 18.5 Å². The predicted octanol–water partition coefficient (Wildman–Crippen LogP) is 0.353. The van der Waals surface area contributed by atoms with Crippen LogP contribution in [-0.2, 0) is 6.54 Å². The van der Waals surface area contributed by atoms with Crippen molar-refractivity contribution >= 4 is 11.8 Å². The molecule has 0 fully saturated rings. The van der Waals surface area contributed by atoms with Gasteiger partial charge in [-0.05, 0) is 6.92 Å². The Bertz CT molecular complexity index is 510. The molecule has 0 atom stereocenters. The number of aromatic nitrogens is 4. The Morgan fingerprint density at radius 1 is 1.47 bits per heavy atom. The third-order valence-electron chi connectivity index (χ3n) is 2.02. The number of nitrogens with one attached hydrogen (secondary N) is 1. The van der Waals surface area contributed by atoms with E-state index in [1.54, 1.807) is 23.1 Å². The second-order valence-electron chi connectivity index (χ2n) is 3.23. The van der Waals surface area contributed by atoms with E-state index in [9.17, 15) is 0 Å². The van der Waals surface area contributed by atoms with Gasteiger partial charge in [-0.15, -0.1) is 0 Å². The zero-order valence-electron chi connectivity index (χ0n) is 9.29. The summed E-state index contributed by atoms with van der Waals surface area (Å²) in [5, 5.41) is 4.07. The van der Waals surface area contributed by atoms with Gasteiger partial charge in [0.15, 0.2) is 5.75 Å². The van der Waals surface area contributed by atoms with Gasteiger partial charge in [0.2, 0.25) is 11.8 Å². The van der Waals surface area contributed by atoms with Crippen LogP contribution in [0, 0.1) is 0 Å². The fraction of sp³-hybridized carbons (Fsp3) is 0.222. The number of nitrogen functional groups attached to an aromatic ring is 2. The highest BCUT2D eigenvalue weighted by Gasteiger charge is 2.05. The molecule has 2 heterocycles. The van der Waals surface area contributed by atoms with Gasteiger partial charge in [-0.3, -0.25) is 4.68 Å². The van der Waals surface area contributed by atoms with E-state index in [4.69, 9.17) is 16.3 Å². The number of hydrazine groups is 1. The minimum atomic E-state index is 0.0818. The van der Waals surface area contributed by atoms with Crippen LogP contribution in [-0.4, -0.2) is 19.7 Å². The second-order valence-corrected chi connectivity index (χ2v) is 3.23. The van der Waals surface area contributed by atoms with Crippen molar-refractivity contribution in [1.82, 2.24) is 19.7 Å². The van der Waals surface area contributed by atoms with Crippen LogP contribution in [0.3, 0.4) is 0 Å². The molecule has 2 aromatic heterocycles. The maximum atomic E-state index is 5.50. The number of hydrogen-bond acceptors (Lipinski definition) is 7. The van der Waals surface area contributed by atoms with Crippen molar-refractivity contribution in [3.8, 4) is 11.6 Å². The molecule has 2 aromatic rings. The summed E-state index contributed by atoms with van der Waals surface area (Å²) in [6.45, 7) is 2.75. The molecule has 0 aliphatic rings. The van der Waals surface area contributed by atoms with Crippen LogP contribution in [0.4, 0.5) is 11.8 Å². The number of ether oxygens (including phenoxy) is 1. The molecule has 0 amide bonds. The maximum Gasteiger partial charge on any atom is 0.226 e. The highest BCUT2D eigenvalue weighted by Crippen LogP contribution is 2.21. The van der Waals surface area contributed by atoms with E-state index in [0.29, 0.717) is 17.4 Å². The van der Waals surface area contributed by atoms with Crippen molar-refractivity contribution in [1.29, 1.82) is 0 Å². The Hall–Kier alpha value is -2.35. The Morgan fingerprint density at radius 3 is 2.94 bits per heavy atom. The number of rotatable bonds is 4. The van der Waals surface area contributed by atoms with E-state index in [1.165, 1.54) is 0 Å². The second kappa shape index (κ2) is 4.66. The molecule has 0 radical (unpaired) electrons. The van der Waals surface area contributed by atoms with Crippen LogP contribution in [0.2, 0.25) is 0 Å². The molecule has 0 saturated carbocycles. The molecule has 2 rings (SSSR count). The van der Waals surface area contributed by atoms with Crippen molar-refractivity contribution < 1.29 is 4.74 Å². The van der Waals surface area contributed by atoms with Crippen molar-refractivity contribution in [2.45, 2.75) is 13.5 Å². The van der Waals surface area contributed by atoms with Crippen molar-refractivity contribution in [2.24, 2.45) is 5.84 Å². The molecular weight excluding hydrogens is 222 g/mol. The van der Waals surface area contributed by atoms with Gasteiger partial charge in [0.1, 0.15) is 5.82 Å². The molecule has 0 bridgehead atoms. The number of nitrogens with two attached hydrogens (primary N) is 2. The van der Waals surface area contributed by atoms with Gasteiger partial charge in [-0.1, -0.05) is 0 Å². The summed E-state index contributed by atoms with van der Waals surface area (Å²) >= 11 is 0. The van der Waals surface area contributed by atoms with Gasteiger partial charge < -0.3 is 15.9 Å². The summed E-state index contributed by atoms with van der Waals surface area (Å²) in [7, 11) is 0. The molecule has 0 spiro atoms. The predicted molar refractivity (Wildman–Crippen MR) is 62.2 cm³/mol. The number of hydrogen-bond donors (Lipinski definition) is 3. The number of aryl methyl sites for hydroxylation is 1. The van der Waals surface area contributed by atoms with Gasteiger partial charge in [0.25, 0.3) is 0 Å². The Kier molecular flexibility index (Phi) is 3.06. The third-order valence-corrected chi connectivity index (χ3v) is 2.02. The molecule has 8 nitrogen and oxygen atoms in total. The molecule has 5 N–H and O–H groups in total. The molecule has 90 valence electrons. The summed E-state index contributed by atoms with van der Waals surface area (Å²) < 4.78 is 7.21. The van der Waals surface area contributed by atoms with Crippen molar-refractivity contribution in [2.75, 3.05) is 11.2 Å². The van der Waals surface area contributed by atoms with Crippen LogP contribution in [0.1, 0.15) is 6.92 Å². The monoisotopic (exact) mass is 235 g/mol. The van der Waals surface area contributed by atoms with Crippen LogP contribution in [0.5, 0.6) is 11.6 Å². The quantitative estimate of drug-likeness (QED) is 0.517. The molecule has 0 saturated heterocycles. The lowest BCUT2D eigenvalue weighted by atomic mass is 10.5. The first kappa shape index (κ1) is 11.1. The Morgan fingerprint density at radius 2 is 2.29 bits per heavy atom. The lowest BCUT2D eigenvalue weighted by Crippen LogP contribution is -2.10. The fourth-order valence-electron chi connectivity index (χ4n) is 1.26. The summed E-state index contributed by atoms with van der Waals surface area (Å²) in [5.74, 6) is 6.59. The van der Waals surface area contributed by atoms with E-state index in [0.717, 1.165) is 6.54 Å². The normalized spacial score (nSPS) is 10.2. The van der Waals surface area contributed by atoms with Gasteiger partial charge in [0, 0.05) is 12.6 Å².